The van der Waals surface area contributed by atoms with E-state index in [2.05, 4.69) is 27.3 Å². The summed E-state index contributed by atoms with van der Waals surface area (Å²) < 4.78 is 15.5. The maximum Gasteiger partial charge on any atom is 0.193 e. The van der Waals surface area contributed by atoms with E-state index in [9.17, 15) is 0 Å². The first-order chi connectivity index (χ1) is 11.2. The van der Waals surface area contributed by atoms with Crippen molar-refractivity contribution in [2.45, 2.75) is 13.0 Å². The normalized spacial score (nSPS) is 10.9. The van der Waals surface area contributed by atoms with Crippen molar-refractivity contribution in [2.24, 2.45) is 4.99 Å². The summed E-state index contributed by atoms with van der Waals surface area (Å²) in [4.78, 5) is 6.40. The number of nitrogens with one attached hydrogen (secondary N) is 1. The van der Waals surface area contributed by atoms with E-state index in [0.29, 0.717) is 13.2 Å². The Kier molecular flexibility index (Phi) is 13.7. The molecule has 0 spiro atoms. The highest BCUT2D eigenvalue weighted by atomic mass is 127. The fourth-order valence-electron chi connectivity index (χ4n) is 2.08. The van der Waals surface area contributed by atoms with Gasteiger partial charge in [-0.3, -0.25) is 4.99 Å². The van der Waals surface area contributed by atoms with E-state index in [1.165, 1.54) is 5.56 Å². The van der Waals surface area contributed by atoms with Gasteiger partial charge in [0, 0.05) is 40.9 Å². The van der Waals surface area contributed by atoms with Crippen LogP contribution in [-0.4, -0.2) is 65.5 Å². The SMILES string of the molecule is CN=C(NCCCOCCOC)N(C)Cc1ccc(OC)cc1.I. The fourth-order valence-corrected chi connectivity index (χ4v) is 2.08. The molecule has 1 rings (SSSR count). The predicted octanol–water partition coefficient (Wildman–Crippen LogP) is 2.37. The molecule has 0 aromatic heterocycles. The van der Waals surface area contributed by atoms with Crippen molar-refractivity contribution in [3.63, 3.8) is 0 Å². The minimum atomic E-state index is 0. The van der Waals surface area contributed by atoms with Gasteiger partial charge >= 0.3 is 0 Å². The first-order valence-corrected chi connectivity index (χ1v) is 7.82. The van der Waals surface area contributed by atoms with Crippen LogP contribution in [0, 0.1) is 0 Å². The van der Waals surface area contributed by atoms with Gasteiger partial charge in [-0.15, -0.1) is 24.0 Å². The number of halogens is 1. The number of benzene rings is 1. The van der Waals surface area contributed by atoms with E-state index in [-0.39, 0.29) is 24.0 Å². The molecule has 0 bridgehead atoms. The highest BCUT2D eigenvalue weighted by Gasteiger charge is 2.06. The molecule has 138 valence electrons. The highest BCUT2D eigenvalue weighted by Crippen LogP contribution is 2.12. The summed E-state index contributed by atoms with van der Waals surface area (Å²) in [5, 5.41) is 3.34. The number of hydrogen-bond acceptors (Lipinski definition) is 4. The first-order valence-electron chi connectivity index (χ1n) is 7.82. The maximum absolute atomic E-state index is 5.44. The van der Waals surface area contributed by atoms with Crippen LogP contribution in [0.2, 0.25) is 0 Å². The number of ether oxygens (including phenoxy) is 3. The van der Waals surface area contributed by atoms with Crippen LogP contribution >= 0.6 is 24.0 Å². The van der Waals surface area contributed by atoms with Gasteiger partial charge in [-0.1, -0.05) is 12.1 Å². The third-order valence-electron chi connectivity index (χ3n) is 3.33. The van der Waals surface area contributed by atoms with E-state index in [0.717, 1.165) is 37.8 Å². The second-order valence-electron chi connectivity index (χ2n) is 5.14. The van der Waals surface area contributed by atoms with Crippen LogP contribution in [-0.2, 0) is 16.0 Å². The van der Waals surface area contributed by atoms with Crippen LogP contribution in [0.4, 0.5) is 0 Å². The number of methoxy groups -OCH3 is 2. The maximum atomic E-state index is 5.44. The Morgan fingerprint density at radius 3 is 2.42 bits per heavy atom. The van der Waals surface area contributed by atoms with Crippen molar-refractivity contribution in [2.75, 3.05) is 54.7 Å². The fraction of sp³-hybridized carbons (Fsp3) is 0.588. The van der Waals surface area contributed by atoms with Crippen LogP contribution in [0.1, 0.15) is 12.0 Å². The summed E-state index contributed by atoms with van der Waals surface area (Å²) in [6, 6.07) is 8.06. The molecule has 0 radical (unpaired) electrons. The number of aliphatic imine (C=N–C) groups is 1. The summed E-state index contributed by atoms with van der Waals surface area (Å²) in [6.07, 6.45) is 0.930. The Morgan fingerprint density at radius 1 is 1.12 bits per heavy atom. The van der Waals surface area contributed by atoms with Gasteiger partial charge in [0.15, 0.2) is 5.96 Å². The van der Waals surface area contributed by atoms with Crippen LogP contribution in [0.3, 0.4) is 0 Å². The largest absolute Gasteiger partial charge is 0.497 e. The van der Waals surface area contributed by atoms with Gasteiger partial charge in [-0.2, -0.15) is 0 Å². The van der Waals surface area contributed by atoms with Crippen LogP contribution < -0.4 is 10.1 Å². The molecule has 24 heavy (non-hydrogen) atoms. The van der Waals surface area contributed by atoms with E-state index in [1.54, 1.807) is 21.3 Å². The molecule has 1 aromatic carbocycles. The smallest absolute Gasteiger partial charge is 0.193 e. The molecule has 0 saturated heterocycles. The summed E-state index contributed by atoms with van der Waals surface area (Å²) in [5.41, 5.74) is 1.21. The Balaban J connectivity index is 0.00000529. The van der Waals surface area contributed by atoms with Gasteiger partial charge in [0.25, 0.3) is 0 Å². The zero-order chi connectivity index (χ0) is 16.9. The number of nitrogens with zero attached hydrogens (tertiary/aromatic N) is 2. The van der Waals surface area contributed by atoms with Crippen LogP contribution in [0.15, 0.2) is 29.3 Å². The van der Waals surface area contributed by atoms with Gasteiger partial charge in [0.05, 0.1) is 20.3 Å². The monoisotopic (exact) mass is 451 g/mol. The molecule has 1 aromatic rings. The lowest BCUT2D eigenvalue weighted by Crippen LogP contribution is -2.39. The third kappa shape index (κ3) is 9.29. The van der Waals surface area contributed by atoms with E-state index in [1.807, 2.05) is 19.2 Å². The molecule has 0 aliphatic heterocycles. The molecule has 0 fully saturated rings. The second kappa shape index (κ2) is 14.3. The summed E-state index contributed by atoms with van der Waals surface area (Å²) in [6.45, 7) is 3.61. The molecule has 0 unspecified atom stereocenters. The Bertz CT molecular complexity index is 455. The molecule has 0 aliphatic rings. The molecule has 6 nitrogen and oxygen atoms in total. The number of hydrogen-bond donors (Lipinski definition) is 1. The Hall–Kier alpha value is -1.06. The Labute approximate surface area is 162 Å². The Morgan fingerprint density at radius 2 is 1.83 bits per heavy atom. The first kappa shape index (κ1) is 22.9. The quantitative estimate of drug-likeness (QED) is 0.256. The minimum absolute atomic E-state index is 0. The van der Waals surface area contributed by atoms with Crippen molar-refractivity contribution in [1.82, 2.24) is 10.2 Å². The topological polar surface area (TPSA) is 55.3 Å². The van der Waals surface area contributed by atoms with Crippen molar-refractivity contribution in [3.05, 3.63) is 29.8 Å². The summed E-state index contributed by atoms with van der Waals surface area (Å²) >= 11 is 0. The van der Waals surface area contributed by atoms with Crippen molar-refractivity contribution >= 4 is 29.9 Å². The van der Waals surface area contributed by atoms with Crippen molar-refractivity contribution < 1.29 is 14.2 Å². The van der Waals surface area contributed by atoms with Gasteiger partial charge in [0.2, 0.25) is 0 Å². The lowest BCUT2D eigenvalue weighted by Gasteiger charge is -2.22. The highest BCUT2D eigenvalue weighted by molar-refractivity contribution is 14.0. The lowest BCUT2D eigenvalue weighted by atomic mass is 10.2. The van der Waals surface area contributed by atoms with Gasteiger partial charge < -0.3 is 24.4 Å². The van der Waals surface area contributed by atoms with Crippen LogP contribution in [0.25, 0.3) is 0 Å². The zero-order valence-corrected chi connectivity index (χ0v) is 17.4. The predicted molar refractivity (Wildman–Crippen MR) is 109 cm³/mol. The molecular formula is C17H30IN3O3. The standard InChI is InChI=1S/C17H29N3O3.HI/c1-18-17(19-10-5-11-23-13-12-21-3)20(2)14-15-6-8-16(22-4)9-7-15;/h6-9H,5,10-14H2,1-4H3,(H,18,19);1H. The molecule has 0 saturated carbocycles. The second-order valence-corrected chi connectivity index (χ2v) is 5.14. The van der Waals surface area contributed by atoms with Crippen LogP contribution in [0.5, 0.6) is 5.75 Å². The number of rotatable bonds is 10. The molecule has 0 atom stereocenters. The van der Waals surface area contributed by atoms with Gasteiger partial charge in [-0.25, -0.2) is 0 Å². The van der Waals surface area contributed by atoms with Gasteiger partial charge in [0.1, 0.15) is 5.75 Å². The zero-order valence-electron chi connectivity index (χ0n) is 15.1. The van der Waals surface area contributed by atoms with Gasteiger partial charge in [-0.05, 0) is 24.1 Å². The molecule has 0 heterocycles. The van der Waals surface area contributed by atoms with Crippen molar-refractivity contribution in [3.8, 4) is 5.75 Å². The molecule has 7 heteroatoms. The van der Waals surface area contributed by atoms with E-state index in [4.69, 9.17) is 14.2 Å². The lowest BCUT2D eigenvalue weighted by molar-refractivity contribution is 0.0698. The number of guanidine groups is 1. The third-order valence-corrected chi connectivity index (χ3v) is 3.33. The molecule has 0 amide bonds. The molecule has 0 aliphatic carbocycles. The molecule has 1 N–H and O–H groups in total. The average Bonchev–Trinajstić information content (AvgIpc) is 2.58. The minimum Gasteiger partial charge on any atom is -0.497 e. The van der Waals surface area contributed by atoms with E-state index >= 15 is 0 Å². The average molecular weight is 451 g/mol. The molecular weight excluding hydrogens is 421 g/mol. The summed E-state index contributed by atoms with van der Waals surface area (Å²) in [7, 11) is 7.16. The van der Waals surface area contributed by atoms with Crippen molar-refractivity contribution in [1.29, 1.82) is 0 Å². The van der Waals surface area contributed by atoms with E-state index < -0.39 is 0 Å². The summed E-state index contributed by atoms with van der Waals surface area (Å²) in [5.74, 6) is 1.74.